The van der Waals surface area contributed by atoms with Crippen molar-refractivity contribution in [1.82, 2.24) is 4.90 Å². The van der Waals surface area contributed by atoms with E-state index in [2.05, 4.69) is 30.9 Å². The first kappa shape index (κ1) is 21.1. The average molecular weight is 336 g/mol. The number of benzene rings is 1. The summed E-state index contributed by atoms with van der Waals surface area (Å²) in [6.07, 6.45) is 9.19. The topological polar surface area (TPSA) is 43.7 Å². The van der Waals surface area contributed by atoms with E-state index in [-0.39, 0.29) is 0 Å². The summed E-state index contributed by atoms with van der Waals surface area (Å²) in [6, 6.07) is 10.3. The van der Waals surface area contributed by atoms with Gasteiger partial charge in [0.05, 0.1) is 0 Å². The Morgan fingerprint density at radius 2 is 1.42 bits per heavy atom. The Morgan fingerprint density at radius 1 is 0.833 bits per heavy atom. The Labute approximate surface area is 148 Å². The van der Waals surface area contributed by atoms with Gasteiger partial charge in [0.25, 0.3) is 0 Å². The van der Waals surface area contributed by atoms with E-state index in [4.69, 9.17) is 0 Å². The van der Waals surface area contributed by atoms with Gasteiger partial charge in [0.1, 0.15) is 0 Å². The van der Waals surface area contributed by atoms with Crippen LogP contribution in [0.3, 0.4) is 0 Å². The van der Waals surface area contributed by atoms with E-state index in [9.17, 15) is 10.2 Å². The fourth-order valence-electron chi connectivity index (χ4n) is 3.08. The molecule has 0 amide bonds. The molecule has 0 bridgehead atoms. The molecular formula is C21H37NO2. The second kappa shape index (κ2) is 13.4. The molecule has 24 heavy (non-hydrogen) atoms. The quantitative estimate of drug-likeness (QED) is 0.386. The number of aliphatic hydroxyl groups excluding tert-OH is 1. The van der Waals surface area contributed by atoms with E-state index in [1.165, 1.54) is 50.5 Å². The van der Waals surface area contributed by atoms with Crippen LogP contribution in [0.5, 0.6) is 0 Å². The summed E-state index contributed by atoms with van der Waals surface area (Å²) in [5.41, 5.74) is 1.23. The van der Waals surface area contributed by atoms with E-state index in [0.29, 0.717) is 6.54 Å². The lowest BCUT2D eigenvalue weighted by Crippen LogP contribution is -2.32. The maximum absolute atomic E-state index is 9.28. The Bertz CT molecular complexity index is 392. The van der Waals surface area contributed by atoms with Crippen molar-refractivity contribution in [3.63, 3.8) is 0 Å². The summed E-state index contributed by atoms with van der Waals surface area (Å²) in [4.78, 5) is 2.14. The zero-order chi connectivity index (χ0) is 17.6. The molecule has 0 aliphatic rings. The highest BCUT2D eigenvalue weighted by molar-refractivity contribution is 5.14. The fourth-order valence-corrected chi connectivity index (χ4v) is 3.08. The number of aliphatic hydroxyl groups is 2. The van der Waals surface area contributed by atoms with Crippen LogP contribution in [0.1, 0.15) is 70.8 Å². The first-order valence-corrected chi connectivity index (χ1v) is 9.70. The lowest BCUT2D eigenvalue weighted by atomic mass is 10.0. The van der Waals surface area contributed by atoms with Crippen molar-refractivity contribution in [3.05, 3.63) is 35.9 Å². The standard InChI is InChI=1S/C21H37NO2/c1-19(2)13-9-6-4-3-5-7-12-16-22(18-21(23)24)17-20-14-10-8-11-15-20/h8,10-11,14-15,19,21,23-24H,3-7,9,12-13,16-18H2,1-2H3. The van der Waals surface area contributed by atoms with Crippen LogP contribution in [0.15, 0.2) is 30.3 Å². The Hall–Kier alpha value is -0.900. The number of rotatable bonds is 14. The zero-order valence-electron chi connectivity index (χ0n) is 15.7. The normalized spacial score (nSPS) is 11.8. The molecule has 3 nitrogen and oxygen atoms in total. The number of nitrogens with zero attached hydrogens (tertiary/aromatic N) is 1. The van der Waals surface area contributed by atoms with Gasteiger partial charge >= 0.3 is 0 Å². The van der Waals surface area contributed by atoms with Crippen LogP contribution >= 0.6 is 0 Å². The third-order valence-electron chi connectivity index (χ3n) is 4.43. The van der Waals surface area contributed by atoms with E-state index in [0.717, 1.165) is 25.4 Å². The van der Waals surface area contributed by atoms with E-state index in [1.54, 1.807) is 0 Å². The van der Waals surface area contributed by atoms with Gasteiger partial charge < -0.3 is 10.2 Å². The van der Waals surface area contributed by atoms with Gasteiger partial charge in [0.2, 0.25) is 0 Å². The van der Waals surface area contributed by atoms with Crippen molar-refractivity contribution in [2.45, 2.75) is 78.0 Å². The molecule has 1 rings (SSSR count). The zero-order valence-corrected chi connectivity index (χ0v) is 15.7. The lowest BCUT2D eigenvalue weighted by Gasteiger charge is -2.23. The van der Waals surface area contributed by atoms with Gasteiger partial charge in [-0.3, -0.25) is 4.90 Å². The highest BCUT2D eigenvalue weighted by Crippen LogP contribution is 2.13. The fraction of sp³-hybridized carbons (Fsp3) is 0.714. The average Bonchev–Trinajstić information content (AvgIpc) is 2.53. The van der Waals surface area contributed by atoms with Crippen LogP contribution in [-0.4, -0.2) is 34.5 Å². The van der Waals surface area contributed by atoms with Gasteiger partial charge in [0.15, 0.2) is 6.29 Å². The van der Waals surface area contributed by atoms with Crippen molar-refractivity contribution in [2.24, 2.45) is 5.92 Å². The SMILES string of the molecule is CC(C)CCCCCCCCCN(Cc1ccccc1)CC(O)O. The predicted octanol–water partition coefficient (Wildman–Crippen LogP) is 4.58. The molecule has 0 aliphatic heterocycles. The van der Waals surface area contributed by atoms with E-state index >= 15 is 0 Å². The minimum Gasteiger partial charge on any atom is -0.367 e. The van der Waals surface area contributed by atoms with E-state index in [1.807, 2.05) is 18.2 Å². The highest BCUT2D eigenvalue weighted by atomic mass is 16.5. The van der Waals surface area contributed by atoms with Crippen LogP contribution in [-0.2, 0) is 6.54 Å². The molecule has 0 aromatic heterocycles. The van der Waals surface area contributed by atoms with Crippen molar-refractivity contribution in [3.8, 4) is 0 Å². The summed E-state index contributed by atoms with van der Waals surface area (Å²) in [6.45, 7) is 6.63. The van der Waals surface area contributed by atoms with Gasteiger partial charge in [-0.2, -0.15) is 0 Å². The third-order valence-corrected chi connectivity index (χ3v) is 4.43. The first-order valence-electron chi connectivity index (χ1n) is 9.70. The summed E-state index contributed by atoms with van der Waals surface area (Å²) in [5.74, 6) is 0.836. The summed E-state index contributed by atoms with van der Waals surface area (Å²) in [5, 5.41) is 18.6. The van der Waals surface area contributed by atoms with Gasteiger partial charge in [0, 0.05) is 13.1 Å². The smallest absolute Gasteiger partial charge is 0.164 e. The molecule has 1 aromatic carbocycles. The van der Waals surface area contributed by atoms with Crippen molar-refractivity contribution in [1.29, 1.82) is 0 Å². The number of unbranched alkanes of at least 4 members (excludes halogenated alkanes) is 6. The maximum atomic E-state index is 9.28. The minimum absolute atomic E-state index is 0.324. The van der Waals surface area contributed by atoms with Crippen LogP contribution < -0.4 is 0 Å². The maximum Gasteiger partial charge on any atom is 0.164 e. The summed E-state index contributed by atoms with van der Waals surface area (Å²) >= 11 is 0. The molecule has 0 unspecified atom stereocenters. The Balaban J connectivity index is 2.12. The molecule has 0 radical (unpaired) electrons. The summed E-state index contributed by atoms with van der Waals surface area (Å²) < 4.78 is 0. The van der Waals surface area contributed by atoms with Crippen molar-refractivity contribution < 1.29 is 10.2 Å². The molecule has 3 heteroatoms. The van der Waals surface area contributed by atoms with Gasteiger partial charge in [-0.05, 0) is 24.4 Å². The molecule has 0 atom stereocenters. The Morgan fingerprint density at radius 3 is 2.00 bits per heavy atom. The Kier molecular flexibility index (Phi) is 11.8. The highest BCUT2D eigenvalue weighted by Gasteiger charge is 2.09. The van der Waals surface area contributed by atoms with Crippen molar-refractivity contribution in [2.75, 3.05) is 13.1 Å². The molecule has 0 fully saturated rings. The van der Waals surface area contributed by atoms with Gasteiger partial charge in [-0.1, -0.05) is 89.1 Å². The predicted molar refractivity (Wildman–Crippen MR) is 102 cm³/mol. The minimum atomic E-state index is -1.25. The lowest BCUT2D eigenvalue weighted by molar-refractivity contribution is -0.0628. The molecule has 1 aromatic rings. The second-order valence-corrected chi connectivity index (χ2v) is 7.36. The molecule has 0 saturated heterocycles. The van der Waals surface area contributed by atoms with Crippen LogP contribution in [0.2, 0.25) is 0 Å². The van der Waals surface area contributed by atoms with E-state index < -0.39 is 6.29 Å². The molecule has 0 spiro atoms. The van der Waals surface area contributed by atoms with Gasteiger partial charge in [-0.15, -0.1) is 0 Å². The number of hydrogen-bond donors (Lipinski definition) is 2. The van der Waals surface area contributed by atoms with Crippen LogP contribution in [0.25, 0.3) is 0 Å². The summed E-state index contributed by atoms with van der Waals surface area (Å²) in [7, 11) is 0. The molecular weight excluding hydrogens is 298 g/mol. The third kappa shape index (κ3) is 11.6. The molecule has 2 N–H and O–H groups in total. The van der Waals surface area contributed by atoms with Crippen LogP contribution in [0.4, 0.5) is 0 Å². The molecule has 0 heterocycles. The molecule has 0 saturated carbocycles. The molecule has 138 valence electrons. The largest absolute Gasteiger partial charge is 0.367 e. The van der Waals surface area contributed by atoms with Crippen LogP contribution in [0, 0.1) is 5.92 Å². The van der Waals surface area contributed by atoms with Crippen molar-refractivity contribution >= 4 is 0 Å². The molecule has 0 aliphatic carbocycles. The first-order chi connectivity index (χ1) is 11.6. The second-order valence-electron chi connectivity index (χ2n) is 7.36. The number of hydrogen-bond acceptors (Lipinski definition) is 3. The van der Waals surface area contributed by atoms with Gasteiger partial charge in [-0.25, -0.2) is 0 Å². The monoisotopic (exact) mass is 335 g/mol.